The summed E-state index contributed by atoms with van der Waals surface area (Å²) in [6.07, 6.45) is 6.13. The molecule has 1 saturated carbocycles. The Morgan fingerprint density at radius 3 is 2.69 bits per heavy atom. The second kappa shape index (κ2) is 11.1. The average Bonchev–Trinajstić information content (AvgIpc) is 3.32. The molecule has 1 fully saturated rings. The quantitative estimate of drug-likeness (QED) is 0.595. The van der Waals surface area contributed by atoms with E-state index >= 15 is 0 Å². The molecule has 1 amide bonds. The van der Waals surface area contributed by atoms with Crippen LogP contribution in [0.2, 0.25) is 0 Å². The van der Waals surface area contributed by atoms with Crippen molar-refractivity contribution in [1.82, 2.24) is 25.5 Å². The number of carbonyl (C=O) groups is 1. The maximum Gasteiger partial charge on any atom is 0.266 e. The summed E-state index contributed by atoms with van der Waals surface area (Å²) in [7, 11) is 1.47. The van der Waals surface area contributed by atoms with Gasteiger partial charge in [0.05, 0.1) is 19.6 Å². The molecule has 2 heterocycles. The lowest BCUT2D eigenvalue weighted by Gasteiger charge is -2.26. The van der Waals surface area contributed by atoms with E-state index in [1.165, 1.54) is 19.2 Å². The van der Waals surface area contributed by atoms with Gasteiger partial charge in [-0.05, 0) is 67.4 Å². The number of tetrazole rings is 1. The molecule has 188 valence electrons. The zero-order valence-corrected chi connectivity index (χ0v) is 20.4. The highest BCUT2D eigenvalue weighted by Gasteiger charge is 2.33. The van der Waals surface area contributed by atoms with Crippen LogP contribution in [0.3, 0.4) is 0 Å². The molecule has 1 aromatic heterocycles. The maximum atomic E-state index is 13.8. The van der Waals surface area contributed by atoms with E-state index in [-0.39, 0.29) is 30.9 Å². The zero-order chi connectivity index (χ0) is 24.9. The van der Waals surface area contributed by atoms with Crippen molar-refractivity contribution < 1.29 is 19.0 Å². The van der Waals surface area contributed by atoms with Gasteiger partial charge >= 0.3 is 0 Å². The first kappa shape index (κ1) is 25.0. The molecule has 35 heavy (non-hydrogen) atoms. The van der Waals surface area contributed by atoms with E-state index in [2.05, 4.69) is 25.7 Å². The van der Waals surface area contributed by atoms with Crippen LogP contribution in [0.25, 0.3) is 0 Å². The summed E-state index contributed by atoms with van der Waals surface area (Å²) in [6.45, 7) is 4.88. The van der Waals surface area contributed by atoms with Crippen LogP contribution in [0.1, 0.15) is 56.8 Å². The molecule has 0 bridgehead atoms. The van der Waals surface area contributed by atoms with Gasteiger partial charge in [-0.25, -0.2) is 4.39 Å². The van der Waals surface area contributed by atoms with Crippen LogP contribution in [-0.2, 0) is 17.9 Å². The van der Waals surface area contributed by atoms with Gasteiger partial charge in [-0.3, -0.25) is 9.79 Å². The summed E-state index contributed by atoms with van der Waals surface area (Å²) in [5, 5.41) is 25.4. The number of carbonyl (C=O) groups excluding carboxylic acids is 1. The summed E-state index contributed by atoms with van der Waals surface area (Å²) < 4.78 is 18.9. The van der Waals surface area contributed by atoms with Gasteiger partial charge in [0.2, 0.25) is 0 Å². The molecule has 2 atom stereocenters. The SMILES string of the molecule is COc1cc(F)cc(CNC(=O)C2=NC(C)=CC(c3nnn(C[C@H]4CC[C@H](CO)CC4)n3)C2C)c1. The summed E-state index contributed by atoms with van der Waals surface area (Å²) >= 11 is 0. The first-order chi connectivity index (χ1) is 16.9. The van der Waals surface area contributed by atoms with Crippen LogP contribution in [0.15, 0.2) is 35.0 Å². The Kier molecular flexibility index (Phi) is 7.90. The third-order valence-corrected chi connectivity index (χ3v) is 6.95. The number of allylic oxidation sites excluding steroid dienone is 2. The van der Waals surface area contributed by atoms with Crippen molar-refractivity contribution in [2.24, 2.45) is 22.7 Å². The van der Waals surface area contributed by atoms with Crippen molar-refractivity contribution in [1.29, 1.82) is 0 Å². The third kappa shape index (κ3) is 6.11. The highest BCUT2D eigenvalue weighted by molar-refractivity contribution is 6.40. The van der Waals surface area contributed by atoms with Gasteiger partial charge < -0.3 is 15.2 Å². The number of benzene rings is 1. The van der Waals surface area contributed by atoms with E-state index < -0.39 is 5.82 Å². The number of aliphatic imine (C=N–C) groups is 1. The van der Waals surface area contributed by atoms with Crippen LogP contribution >= 0.6 is 0 Å². The minimum Gasteiger partial charge on any atom is -0.497 e. The van der Waals surface area contributed by atoms with E-state index in [1.807, 2.05) is 19.9 Å². The molecule has 0 saturated heterocycles. The fraction of sp³-hybridized carbons (Fsp3) is 0.560. The molecule has 2 aromatic rings. The van der Waals surface area contributed by atoms with Crippen molar-refractivity contribution >= 4 is 11.6 Å². The molecule has 2 aliphatic rings. The largest absolute Gasteiger partial charge is 0.497 e. The molecular formula is C25H33FN6O3. The molecule has 10 heteroatoms. The average molecular weight is 485 g/mol. The first-order valence-corrected chi connectivity index (χ1v) is 12.1. The fourth-order valence-electron chi connectivity index (χ4n) is 4.87. The number of amides is 1. The Morgan fingerprint density at radius 2 is 1.97 bits per heavy atom. The van der Waals surface area contributed by atoms with Gasteiger partial charge in [0, 0.05) is 30.8 Å². The minimum atomic E-state index is -0.425. The minimum absolute atomic E-state index is 0.152. The predicted molar refractivity (Wildman–Crippen MR) is 128 cm³/mol. The van der Waals surface area contributed by atoms with E-state index in [9.17, 15) is 14.3 Å². The molecule has 0 radical (unpaired) electrons. The summed E-state index contributed by atoms with van der Waals surface area (Å²) in [5.74, 6) is 0.638. The summed E-state index contributed by atoms with van der Waals surface area (Å²) in [5.41, 5.74) is 1.70. The standard InChI is InChI=1S/C25H33FN6O3/c1-15-8-22(24-29-31-32(30-24)13-17-4-6-18(14-33)7-5-17)16(2)23(28-15)25(34)27-12-19-9-20(26)11-21(10-19)35-3/h8-11,16-18,22,33H,4-7,12-14H2,1-3H3,(H,27,34)/t16?,17-,18-,22?. The highest BCUT2D eigenvalue weighted by atomic mass is 19.1. The van der Waals surface area contributed by atoms with Crippen LogP contribution in [0.4, 0.5) is 4.39 Å². The topological polar surface area (TPSA) is 115 Å². The lowest BCUT2D eigenvalue weighted by Crippen LogP contribution is -2.37. The van der Waals surface area contributed by atoms with Crippen molar-refractivity contribution in [3.63, 3.8) is 0 Å². The molecule has 4 rings (SSSR count). The van der Waals surface area contributed by atoms with Gasteiger partial charge in [0.25, 0.3) is 5.91 Å². The van der Waals surface area contributed by atoms with Crippen LogP contribution in [0.5, 0.6) is 5.75 Å². The monoisotopic (exact) mass is 484 g/mol. The number of rotatable bonds is 8. The number of hydrogen-bond acceptors (Lipinski definition) is 7. The van der Waals surface area contributed by atoms with Gasteiger partial charge in [0.1, 0.15) is 17.3 Å². The Morgan fingerprint density at radius 1 is 1.23 bits per heavy atom. The third-order valence-electron chi connectivity index (χ3n) is 6.95. The number of aliphatic hydroxyl groups is 1. The Hall–Kier alpha value is -3.14. The van der Waals surface area contributed by atoms with Gasteiger partial charge in [-0.15, -0.1) is 10.2 Å². The number of aliphatic hydroxyl groups excluding tert-OH is 1. The predicted octanol–water partition coefficient (Wildman–Crippen LogP) is 3.01. The number of halogens is 1. The number of aromatic nitrogens is 4. The Bertz CT molecular complexity index is 1110. The second-order valence-electron chi connectivity index (χ2n) is 9.57. The second-order valence-corrected chi connectivity index (χ2v) is 9.57. The zero-order valence-electron chi connectivity index (χ0n) is 20.4. The number of nitrogens with one attached hydrogen (secondary N) is 1. The van der Waals surface area contributed by atoms with Crippen LogP contribution < -0.4 is 10.1 Å². The normalized spacial score (nSPS) is 24.5. The smallest absolute Gasteiger partial charge is 0.266 e. The number of ether oxygens (including phenoxy) is 1. The van der Waals surface area contributed by atoms with Gasteiger partial charge in [-0.2, -0.15) is 4.80 Å². The lowest BCUT2D eigenvalue weighted by atomic mass is 9.82. The molecule has 9 nitrogen and oxygen atoms in total. The molecule has 0 spiro atoms. The van der Waals surface area contributed by atoms with Crippen molar-refractivity contribution in [3.05, 3.63) is 47.2 Å². The number of methoxy groups -OCH3 is 1. The summed E-state index contributed by atoms with van der Waals surface area (Å²) in [4.78, 5) is 19.1. The molecule has 2 N–H and O–H groups in total. The number of hydrogen-bond donors (Lipinski definition) is 2. The summed E-state index contributed by atoms with van der Waals surface area (Å²) in [6, 6.07) is 4.33. The van der Waals surface area contributed by atoms with Crippen molar-refractivity contribution in [2.75, 3.05) is 13.7 Å². The molecule has 2 unspecified atom stereocenters. The van der Waals surface area contributed by atoms with Crippen molar-refractivity contribution in [3.8, 4) is 5.75 Å². The molecular weight excluding hydrogens is 451 g/mol. The van der Waals surface area contributed by atoms with Crippen molar-refractivity contribution in [2.45, 2.75) is 58.5 Å². The Labute approximate surface area is 204 Å². The van der Waals surface area contributed by atoms with E-state index in [4.69, 9.17) is 4.74 Å². The fourth-order valence-corrected chi connectivity index (χ4v) is 4.87. The van der Waals surface area contributed by atoms with Gasteiger partial charge in [-0.1, -0.05) is 13.0 Å². The number of nitrogens with zero attached hydrogens (tertiary/aromatic N) is 5. The molecule has 1 aliphatic carbocycles. The molecule has 1 aromatic carbocycles. The maximum absolute atomic E-state index is 13.8. The van der Waals surface area contributed by atoms with E-state index in [0.717, 1.165) is 25.7 Å². The highest BCUT2D eigenvalue weighted by Crippen LogP contribution is 2.32. The van der Waals surface area contributed by atoms with Gasteiger partial charge in [0.15, 0.2) is 5.82 Å². The van der Waals surface area contributed by atoms with E-state index in [1.54, 1.807) is 10.9 Å². The first-order valence-electron chi connectivity index (χ1n) is 12.1. The Balaban J connectivity index is 1.39. The molecule has 1 aliphatic heterocycles. The van der Waals surface area contributed by atoms with Crippen LogP contribution in [0, 0.1) is 23.6 Å². The lowest BCUT2D eigenvalue weighted by molar-refractivity contribution is -0.115. The van der Waals surface area contributed by atoms with Crippen LogP contribution in [-0.4, -0.2) is 50.6 Å². The van der Waals surface area contributed by atoms with E-state index in [0.29, 0.717) is 46.9 Å².